The summed E-state index contributed by atoms with van der Waals surface area (Å²) in [6.45, 7) is 1.93. The van der Waals surface area contributed by atoms with Crippen LogP contribution >= 0.6 is 11.3 Å². The van der Waals surface area contributed by atoms with Gasteiger partial charge in [0.2, 0.25) is 5.91 Å². The highest BCUT2D eigenvalue weighted by atomic mass is 32.1. The molecule has 2 N–H and O–H groups in total. The van der Waals surface area contributed by atoms with Crippen LogP contribution in [0.3, 0.4) is 0 Å². The summed E-state index contributed by atoms with van der Waals surface area (Å²) in [5.41, 5.74) is 0.547. The van der Waals surface area contributed by atoms with Gasteiger partial charge in [0, 0.05) is 6.42 Å². The number of piperidine rings is 1. The van der Waals surface area contributed by atoms with Gasteiger partial charge in [-0.3, -0.25) is 4.79 Å². The number of esters is 1. The monoisotopic (exact) mass is 282 g/mol. The maximum absolute atomic E-state index is 12.0. The molecule has 1 aliphatic heterocycles. The zero-order valence-corrected chi connectivity index (χ0v) is 11.7. The molecule has 2 heterocycles. The predicted octanol–water partition coefficient (Wildman–Crippen LogP) is 1.86. The summed E-state index contributed by atoms with van der Waals surface area (Å²) in [5, 5.41) is 7.85. The van der Waals surface area contributed by atoms with Crippen molar-refractivity contribution in [2.45, 2.75) is 19.3 Å². The molecule has 0 spiro atoms. The number of hydrogen-bond acceptors (Lipinski definition) is 5. The van der Waals surface area contributed by atoms with Crippen LogP contribution in [0.2, 0.25) is 0 Å². The van der Waals surface area contributed by atoms with Gasteiger partial charge in [0.25, 0.3) is 0 Å². The van der Waals surface area contributed by atoms with Gasteiger partial charge in [-0.05, 0) is 43.3 Å². The maximum atomic E-state index is 12.0. The first-order valence-corrected chi connectivity index (χ1v) is 7.25. The van der Waals surface area contributed by atoms with E-state index in [4.69, 9.17) is 0 Å². The lowest BCUT2D eigenvalue weighted by Gasteiger charge is -2.22. The average Bonchev–Trinajstić information content (AvgIpc) is 2.87. The standard InChI is InChI=1S/C13H18N2O3S/c1-18-13(17)12-10(4-6-19-12)15-11(16)7-9-3-2-5-14-8-9/h4,6,9,14H,2-3,5,7-8H2,1H3,(H,15,16). The van der Waals surface area contributed by atoms with Gasteiger partial charge < -0.3 is 15.4 Å². The molecule has 6 heteroatoms. The fourth-order valence-corrected chi connectivity index (χ4v) is 2.99. The van der Waals surface area contributed by atoms with Crippen molar-refractivity contribution < 1.29 is 14.3 Å². The Morgan fingerprint density at radius 1 is 1.58 bits per heavy atom. The van der Waals surface area contributed by atoms with Gasteiger partial charge >= 0.3 is 5.97 Å². The van der Waals surface area contributed by atoms with E-state index in [9.17, 15) is 9.59 Å². The minimum absolute atomic E-state index is 0.0442. The lowest BCUT2D eigenvalue weighted by Crippen LogP contribution is -2.32. The van der Waals surface area contributed by atoms with Crippen LogP contribution in [-0.4, -0.2) is 32.1 Å². The number of thiophene rings is 1. The van der Waals surface area contributed by atoms with Gasteiger partial charge in [-0.2, -0.15) is 0 Å². The second-order valence-corrected chi connectivity index (χ2v) is 5.54. The molecule has 1 atom stereocenters. The van der Waals surface area contributed by atoms with Crippen LogP contribution in [0.15, 0.2) is 11.4 Å². The lowest BCUT2D eigenvalue weighted by molar-refractivity contribution is -0.117. The molecule has 0 saturated carbocycles. The second kappa shape index (κ2) is 6.68. The molecule has 1 aromatic rings. The molecule has 1 fully saturated rings. The average molecular weight is 282 g/mol. The number of rotatable bonds is 4. The smallest absolute Gasteiger partial charge is 0.350 e. The largest absolute Gasteiger partial charge is 0.465 e. The Morgan fingerprint density at radius 2 is 2.42 bits per heavy atom. The van der Waals surface area contributed by atoms with Crippen LogP contribution in [0.25, 0.3) is 0 Å². The number of ether oxygens (including phenoxy) is 1. The molecule has 0 bridgehead atoms. The van der Waals surface area contributed by atoms with E-state index in [0.29, 0.717) is 22.9 Å². The fourth-order valence-electron chi connectivity index (χ4n) is 2.22. The molecule has 1 unspecified atom stereocenters. The molecule has 1 aliphatic rings. The number of methoxy groups -OCH3 is 1. The van der Waals surface area contributed by atoms with Gasteiger partial charge in [0.1, 0.15) is 4.88 Å². The quantitative estimate of drug-likeness (QED) is 0.827. The first kappa shape index (κ1) is 14.0. The molecule has 1 saturated heterocycles. The van der Waals surface area contributed by atoms with Gasteiger partial charge in [0.15, 0.2) is 0 Å². The Hall–Kier alpha value is -1.40. The number of hydrogen-bond donors (Lipinski definition) is 2. The van der Waals surface area contributed by atoms with Crippen molar-refractivity contribution in [2.24, 2.45) is 5.92 Å². The van der Waals surface area contributed by atoms with Gasteiger partial charge in [-0.1, -0.05) is 0 Å². The lowest BCUT2D eigenvalue weighted by atomic mass is 9.96. The Bertz CT molecular complexity index is 452. The fraction of sp³-hybridized carbons (Fsp3) is 0.538. The molecule has 0 aromatic carbocycles. The van der Waals surface area contributed by atoms with E-state index in [2.05, 4.69) is 15.4 Å². The number of carbonyl (C=O) groups excluding carboxylic acids is 2. The van der Waals surface area contributed by atoms with E-state index < -0.39 is 5.97 Å². The van der Waals surface area contributed by atoms with E-state index in [1.54, 1.807) is 11.4 Å². The molecular weight excluding hydrogens is 264 g/mol. The summed E-state index contributed by atoms with van der Waals surface area (Å²) in [5.74, 6) is -0.0733. The Kier molecular flexibility index (Phi) is 4.93. The third-order valence-corrected chi connectivity index (χ3v) is 4.08. The van der Waals surface area contributed by atoms with E-state index in [1.807, 2.05) is 0 Å². The molecule has 19 heavy (non-hydrogen) atoms. The van der Waals surface area contributed by atoms with Crippen LogP contribution < -0.4 is 10.6 Å². The highest BCUT2D eigenvalue weighted by Crippen LogP contribution is 2.24. The van der Waals surface area contributed by atoms with Crippen molar-refractivity contribution >= 4 is 28.9 Å². The third kappa shape index (κ3) is 3.78. The van der Waals surface area contributed by atoms with Crippen LogP contribution in [0, 0.1) is 5.92 Å². The highest BCUT2D eigenvalue weighted by molar-refractivity contribution is 7.12. The molecule has 1 amide bonds. The van der Waals surface area contributed by atoms with E-state index >= 15 is 0 Å². The van der Waals surface area contributed by atoms with Crippen molar-refractivity contribution in [3.8, 4) is 0 Å². The summed E-state index contributed by atoms with van der Waals surface area (Å²) >= 11 is 1.27. The van der Waals surface area contributed by atoms with Crippen molar-refractivity contribution in [1.82, 2.24) is 5.32 Å². The van der Waals surface area contributed by atoms with E-state index in [-0.39, 0.29) is 5.91 Å². The Morgan fingerprint density at radius 3 is 3.11 bits per heavy atom. The molecule has 0 radical (unpaired) electrons. The third-order valence-electron chi connectivity index (χ3n) is 3.18. The van der Waals surface area contributed by atoms with Gasteiger partial charge in [-0.25, -0.2) is 4.79 Å². The minimum atomic E-state index is -0.412. The molecule has 0 aliphatic carbocycles. The molecule has 2 rings (SSSR count). The molecule has 104 valence electrons. The normalized spacial score (nSPS) is 18.9. The number of nitrogens with one attached hydrogen (secondary N) is 2. The van der Waals surface area contributed by atoms with Crippen molar-refractivity contribution in [2.75, 3.05) is 25.5 Å². The maximum Gasteiger partial charge on any atom is 0.350 e. The van der Waals surface area contributed by atoms with Crippen molar-refractivity contribution in [3.05, 3.63) is 16.3 Å². The molecule has 1 aromatic heterocycles. The summed E-state index contributed by atoms with van der Waals surface area (Å²) in [6, 6.07) is 1.73. The zero-order valence-electron chi connectivity index (χ0n) is 10.9. The first-order valence-electron chi connectivity index (χ1n) is 6.37. The number of carbonyl (C=O) groups is 2. The van der Waals surface area contributed by atoms with Crippen molar-refractivity contribution in [3.63, 3.8) is 0 Å². The minimum Gasteiger partial charge on any atom is -0.465 e. The van der Waals surface area contributed by atoms with Crippen LogP contribution in [-0.2, 0) is 9.53 Å². The summed E-state index contributed by atoms with van der Waals surface area (Å²) in [6.07, 6.45) is 2.68. The first-order chi connectivity index (χ1) is 9.20. The number of amides is 1. The molecular formula is C13H18N2O3S. The van der Waals surface area contributed by atoms with Crippen LogP contribution in [0.1, 0.15) is 28.9 Å². The van der Waals surface area contributed by atoms with Crippen LogP contribution in [0.5, 0.6) is 0 Å². The van der Waals surface area contributed by atoms with Crippen LogP contribution in [0.4, 0.5) is 5.69 Å². The molecule has 5 nitrogen and oxygen atoms in total. The topological polar surface area (TPSA) is 67.4 Å². The second-order valence-electron chi connectivity index (χ2n) is 4.62. The Balaban J connectivity index is 1.91. The summed E-state index contributed by atoms with van der Waals surface area (Å²) in [7, 11) is 1.33. The SMILES string of the molecule is COC(=O)c1sccc1NC(=O)CC1CCCNC1. The highest BCUT2D eigenvalue weighted by Gasteiger charge is 2.19. The van der Waals surface area contributed by atoms with Crippen molar-refractivity contribution in [1.29, 1.82) is 0 Å². The zero-order chi connectivity index (χ0) is 13.7. The van der Waals surface area contributed by atoms with Gasteiger partial charge in [-0.15, -0.1) is 11.3 Å². The summed E-state index contributed by atoms with van der Waals surface area (Å²) in [4.78, 5) is 23.9. The van der Waals surface area contributed by atoms with E-state index in [0.717, 1.165) is 25.9 Å². The summed E-state index contributed by atoms with van der Waals surface area (Å²) < 4.78 is 4.68. The van der Waals surface area contributed by atoms with E-state index in [1.165, 1.54) is 18.4 Å². The Labute approximate surface area is 116 Å². The number of anilines is 1. The van der Waals surface area contributed by atoms with Gasteiger partial charge in [0.05, 0.1) is 12.8 Å². The predicted molar refractivity (Wildman–Crippen MR) is 74.5 cm³/mol.